The first-order chi connectivity index (χ1) is 20.7. The van der Waals surface area contributed by atoms with Gasteiger partial charge in [0.2, 0.25) is 0 Å². The molecule has 0 radical (unpaired) electrons. The first kappa shape index (κ1) is 25.6. The molecule has 212 valence electrons. The van der Waals surface area contributed by atoms with Crippen LogP contribution in [0.4, 0.5) is 11.5 Å². The van der Waals surface area contributed by atoms with E-state index in [4.69, 9.17) is 15.1 Å². The highest BCUT2D eigenvalue weighted by Crippen LogP contribution is 2.45. The van der Waals surface area contributed by atoms with E-state index in [2.05, 4.69) is 98.4 Å². The molecule has 1 saturated heterocycles. The first-order valence-corrected chi connectivity index (χ1v) is 15.6. The molecule has 8 nitrogen and oxygen atoms in total. The van der Waals surface area contributed by atoms with Crippen molar-refractivity contribution in [1.29, 1.82) is 0 Å². The maximum atomic E-state index is 5.00. The maximum absolute atomic E-state index is 5.00. The zero-order valence-electron chi connectivity index (χ0n) is 23.8. The van der Waals surface area contributed by atoms with E-state index < -0.39 is 0 Å². The van der Waals surface area contributed by atoms with E-state index in [1.807, 2.05) is 0 Å². The van der Waals surface area contributed by atoms with Gasteiger partial charge in [-0.25, -0.2) is 9.97 Å². The fourth-order valence-corrected chi connectivity index (χ4v) is 7.61. The normalized spacial score (nSPS) is 15.7. The van der Waals surface area contributed by atoms with Crippen molar-refractivity contribution in [2.75, 3.05) is 45.1 Å². The molecule has 5 heterocycles. The molecule has 0 amide bonds. The number of aromatic nitrogens is 5. The van der Waals surface area contributed by atoms with E-state index in [1.54, 1.807) is 17.7 Å². The van der Waals surface area contributed by atoms with Crippen LogP contribution < -0.4 is 5.32 Å². The monoisotopic (exact) mass is 574 g/mol. The summed E-state index contributed by atoms with van der Waals surface area (Å²) in [5.41, 5.74) is 7.38. The number of piperazine rings is 1. The molecular weight excluding hydrogens is 540 g/mol. The quantitative estimate of drug-likeness (QED) is 0.266. The Morgan fingerprint density at radius 2 is 1.81 bits per heavy atom. The predicted octanol–water partition coefficient (Wildman–Crippen LogP) is 5.65. The van der Waals surface area contributed by atoms with Crippen LogP contribution in [0.5, 0.6) is 0 Å². The minimum Gasteiger partial charge on any atom is -0.343 e. The van der Waals surface area contributed by atoms with Crippen LogP contribution in [0.2, 0.25) is 0 Å². The maximum Gasteiger partial charge on any atom is 0.142 e. The number of likely N-dealkylation sites (N-methyl/N-ethyl adjacent to an activating group) is 1. The minimum absolute atomic E-state index is 0.860. The van der Waals surface area contributed by atoms with Gasteiger partial charge in [-0.15, -0.1) is 11.3 Å². The molecule has 6 aromatic rings. The van der Waals surface area contributed by atoms with Crippen molar-refractivity contribution >= 4 is 44.0 Å². The Hall–Kier alpha value is -4.05. The first-order valence-electron chi connectivity index (χ1n) is 14.8. The zero-order valence-corrected chi connectivity index (χ0v) is 24.6. The Kier molecular flexibility index (Phi) is 6.50. The van der Waals surface area contributed by atoms with E-state index in [0.717, 1.165) is 80.4 Å². The lowest BCUT2D eigenvalue weighted by Gasteiger charge is -2.32. The van der Waals surface area contributed by atoms with Gasteiger partial charge in [0.15, 0.2) is 0 Å². The molecule has 0 saturated carbocycles. The molecular formula is C33H34N8S. The Morgan fingerprint density at radius 3 is 2.69 bits per heavy atom. The Morgan fingerprint density at radius 1 is 0.929 bits per heavy atom. The van der Waals surface area contributed by atoms with Crippen LogP contribution in [-0.2, 0) is 25.9 Å². The van der Waals surface area contributed by atoms with E-state index in [0.29, 0.717) is 0 Å². The van der Waals surface area contributed by atoms with Gasteiger partial charge in [0.25, 0.3) is 0 Å². The van der Waals surface area contributed by atoms with Gasteiger partial charge >= 0.3 is 0 Å². The summed E-state index contributed by atoms with van der Waals surface area (Å²) in [6, 6.07) is 19.4. The van der Waals surface area contributed by atoms with Crippen LogP contribution in [0.3, 0.4) is 0 Å². The summed E-state index contributed by atoms with van der Waals surface area (Å²) in [7, 11) is 2.20. The Labute approximate surface area is 249 Å². The van der Waals surface area contributed by atoms with Gasteiger partial charge in [-0.1, -0.05) is 30.3 Å². The molecule has 0 spiro atoms. The van der Waals surface area contributed by atoms with Gasteiger partial charge in [0.1, 0.15) is 17.0 Å². The van der Waals surface area contributed by atoms with E-state index in [1.165, 1.54) is 38.2 Å². The second kappa shape index (κ2) is 10.7. The lowest BCUT2D eigenvalue weighted by molar-refractivity contribution is 0.148. The number of aryl methyl sites for hydroxylation is 2. The molecule has 1 aliphatic carbocycles. The number of fused-ring (bicyclic) bond motifs is 6. The minimum atomic E-state index is 0.860. The summed E-state index contributed by atoms with van der Waals surface area (Å²) in [5.74, 6) is 0.881. The van der Waals surface area contributed by atoms with Crippen molar-refractivity contribution in [3.63, 3.8) is 0 Å². The van der Waals surface area contributed by atoms with Crippen molar-refractivity contribution in [3.8, 4) is 10.4 Å². The number of rotatable bonds is 7. The topological polar surface area (TPSA) is 67.0 Å². The molecule has 1 N–H and O–H groups in total. The molecule has 0 bridgehead atoms. The number of nitrogens with zero attached hydrogens (tertiary/aromatic N) is 7. The van der Waals surface area contributed by atoms with Gasteiger partial charge in [0, 0.05) is 78.7 Å². The third-order valence-electron chi connectivity index (χ3n) is 8.75. The average Bonchev–Trinajstić information content (AvgIpc) is 3.72. The third kappa shape index (κ3) is 4.77. The fourth-order valence-electron chi connectivity index (χ4n) is 6.38. The summed E-state index contributed by atoms with van der Waals surface area (Å²) in [5, 5.41) is 11.0. The molecule has 2 aliphatic rings. The Balaban J connectivity index is 1.05. The van der Waals surface area contributed by atoms with Crippen LogP contribution in [0.1, 0.15) is 16.8 Å². The van der Waals surface area contributed by atoms with Crippen molar-refractivity contribution < 1.29 is 0 Å². The van der Waals surface area contributed by atoms with Crippen molar-refractivity contribution in [2.24, 2.45) is 0 Å². The lowest BCUT2D eigenvalue weighted by Crippen LogP contribution is -2.45. The Bertz CT molecular complexity index is 1880. The summed E-state index contributed by atoms with van der Waals surface area (Å²) >= 11 is 1.77. The molecule has 0 unspecified atom stereocenters. The molecule has 9 heteroatoms. The number of anilines is 2. The highest BCUT2D eigenvalue weighted by Gasteiger charge is 2.26. The summed E-state index contributed by atoms with van der Waals surface area (Å²) < 4.78 is 4.46. The van der Waals surface area contributed by atoms with Crippen LogP contribution in [0.15, 0.2) is 73.3 Å². The number of thiophene rings is 1. The van der Waals surface area contributed by atoms with Gasteiger partial charge < -0.3 is 14.8 Å². The highest BCUT2D eigenvalue weighted by atomic mass is 32.1. The molecule has 2 aromatic carbocycles. The van der Waals surface area contributed by atoms with Crippen LogP contribution >= 0.6 is 11.3 Å². The zero-order chi connectivity index (χ0) is 28.0. The van der Waals surface area contributed by atoms with Crippen molar-refractivity contribution in [2.45, 2.75) is 25.9 Å². The van der Waals surface area contributed by atoms with Crippen molar-refractivity contribution in [3.05, 3.63) is 90.1 Å². The van der Waals surface area contributed by atoms with Crippen molar-refractivity contribution in [1.82, 2.24) is 34.1 Å². The summed E-state index contributed by atoms with van der Waals surface area (Å²) in [6.45, 7) is 7.41. The van der Waals surface area contributed by atoms with Gasteiger partial charge in [0.05, 0.1) is 17.6 Å². The highest BCUT2D eigenvalue weighted by molar-refractivity contribution is 7.22. The molecule has 0 atom stereocenters. The standard InChI is InChI=1S/C33H34N8S/c1-38-13-15-39(16-14-38)17-18-41-21-27-28(37-41)9-8-26-30-32(34-22-35-33(30)42-31(26)27)36-25-7-10-29-24(19-25)11-12-40(29)20-23-5-3-2-4-6-23/h2-7,10-12,19,21-22H,8-9,13-18,20H2,1H3,(H,34,35,36). The van der Waals surface area contributed by atoms with E-state index >= 15 is 0 Å². The summed E-state index contributed by atoms with van der Waals surface area (Å²) in [6.07, 6.45) is 8.02. The van der Waals surface area contributed by atoms with Crippen LogP contribution in [-0.4, -0.2) is 73.9 Å². The lowest BCUT2D eigenvalue weighted by atomic mass is 9.95. The second-order valence-corrected chi connectivity index (χ2v) is 12.5. The molecule has 8 rings (SSSR count). The average molecular weight is 575 g/mol. The van der Waals surface area contributed by atoms with Gasteiger partial charge in [-0.2, -0.15) is 5.10 Å². The van der Waals surface area contributed by atoms with E-state index in [-0.39, 0.29) is 0 Å². The number of nitrogens with one attached hydrogen (secondary N) is 1. The van der Waals surface area contributed by atoms with Gasteiger partial charge in [-0.3, -0.25) is 9.58 Å². The number of benzene rings is 2. The largest absolute Gasteiger partial charge is 0.343 e. The van der Waals surface area contributed by atoms with Crippen LogP contribution in [0, 0.1) is 0 Å². The predicted molar refractivity (Wildman–Crippen MR) is 171 cm³/mol. The summed E-state index contributed by atoms with van der Waals surface area (Å²) in [4.78, 5) is 16.7. The SMILES string of the molecule is CN1CCN(CCn2cc3c(n2)CCc2c-3sc3ncnc(Nc4ccc5c(ccn5Cc5ccccc5)c4)c23)CC1. The van der Waals surface area contributed by atoms with Gasteiger partial charge in [-0.05, 0) is 55.3 Å². The number of hydrogen-bond acceptors (Lipinski definition) is 7. The third-order valence-corrected chi connectivity index (χ3v) is 9.93. The second-order valence-electron chi connectivity index (χ2n) is 11.5. The molecule has 42 heavy (non-hydrogen) atoms. The molecule has 1 aliphatic heterocycles. The van der Waals surface area contributed by atoms with E-state index in [9.17, 15) is 0 Å². The number of hydrogen-bond donors (Lipinski definition) is 1. The molecule has 1 fully saturated rings. The fraction of sp³-hybridized carbons (Fsp3) is 0.303. The van der Waals surface area contributed by atoms with Crippen LogP contribution in [0.25, 0.3) is 31.6 Å². The molecule has 4 aromatic heterocycles. The smallest absolute Gasteiger partial charge is 0.142 e.